The molecule has 0 aromatic rings. The molecule has 0 N–H and O–H groups in total. The van der Waals surface area contributed by atoms with Gasteiger partial charge in [0.25, 0.3) is 0 Å². The average Bonchev–Trinajstić information content (AvgIpc) is 1.87. The van der Waals surface area contributed by atoms with Crippen molar-refractivity contribution in [2.24, 2.45) is 0 Å². The van der Waals surface area contributed by atoms with Crippen LogP contribution in [0.1, 0.15) is 6.92 Å². The van der Waals surface area contributed by atoms with Gasteiger partial charge in [0.15, 0.2) is 5.38 Å². The lowest BCUT2D eigenvalue weighted by atomic mass is 10.5. The van der Waals surface area contributed by atoms with Crippen LogP contribution in [0.5, 0.6) is 0 Å². The van der Waals surface area contributed by atoms with E-state index in [1.54, 1.807) is 6.92 Å². The fraction of sp³-hybridized carbons (Fsp3) is 0.800. The van der Waals surface area contributed by atoms with Gasteiger partial charge in [-0.1, -0.05) is 0 Å². The zero-order valence-electron chi connectivity index (χ0n) is 5.06. The first-order valence-electron chi connectivity index (χ1n) is 2.59. The minimum Gasteiger partial charge on any atom is -0.465 e. The highest BCUT2D eigenvalue weighted by Crippen LogP contribution is 1.98. The van der Waals surface area contributed by atoms with Crippen LogP contribution in [0.3, 0.4) is 0 Å². The number of hydrogen-bond donors (Lipinski definition) is 0. The third-order valence-electron chi connectivity index (χ3n) is 0.678. The number of carbonyl (C=O) groups excluding carboxylic acids is 1. The molecule has 54 valence electrons. The van der Waals surface area contributed by atoms with E-state index in [4.69, 9.17) is 11.6 Å². The topological polar surface area (TPSA) is 26.3 Å². The number of esters is 1. The zero-order chi connectivity index (χ0) is 7.28. The molecule has 1 unspecified atom stereocenters. The van der Waals surface area contributed by atoms with Crippen LogP contribution in [-0.4, -0.2) is 24.6 Å². The lowest BCUT2D eigenvalue weighted by Gasteiger charge is -2.02. The van der Waals surface area contributed by atoms with E-state index >= 15 is 0 Å². The molecule has 0 spiro atoms. The molecule has 0 amide bonds. The molecule has 0 aliphatic heterocycles. The highest BCUT2D eigenvalue weighted by Gasteiger charge is 2.14. The molecule has 0 bridgehead atoms. The minimum atomic E-state index is -1.13. The van der Waals surface area contributed by atoms with E-state index in [1.807, 2.05) is 0 Å². The second-order valence-corrected chi connectivity index (χ2v) is 1.90. The maximum atomic E-state index is 11.5. The van der Waals surface area contributed by atoms with Gasteiger partial charge in [-0.25, -0.2) is 4.39 Å². The van der Waals surface area contributed by atoms with E-state index in [2.05, 4.69) is 4.74 Å². The molecule has 0 rings (SSSR count). The third-order valence-corrected chi connectivity index (χ3v) is 0.973. The third kappa shape index (κ3) is 3.30. The number of carbonyl (C=O) groups is 1. The lowest BCUT2D eigenvalue weighted by molar-refractivity contribution is -0.142. The van der Waals surface area contributed by atoms with Gasteiger partial charge >= 0.3 is 5.97 Å². The summed E-state index contributed by atoms with van der Waals surface area (Å²) in [4.78, 5) is 10.4. The van der Waals surface area contributed by atoms with Crippen LogP contribution in [0, 0.1) is 0 Å². The molecule has 0 fully saturated rings. The van der Waals surface area contributed by atoms with E-state index in [0.29, 0.717) is 0 Å². The van der Waals surface area contributed by atoms with E-state index in [1.165, 1.54) is 0 Å². The largest absolute Gasteiger partial charge is 0.465 e. The van der Waals surface area contributed by atoms with Gasteiger partial charge in [-0.15, -0.1) is 11.6 Å². The summed E-state index contributed by atoms with van der Waals surface area (Å²) in [6.07, 6.45) is 0. The van der Waals surface area contributed by atoms with Crippen molar-refractivity contribution in [2.75, 3.05) is 13.3 Å². The van der Waals surface area contributed by atoms with Crippen molar-refractivity contribution >= 4 is 17.6 Å². The predicted octanol–water partition coefficient (Wildman–Crippen LogP) is 1.13. The fourth-order valence-electron chi connectivity index (χ4n) is 0.296. The molecule has 1 atom stereocenters. The molecular weight excluding hydrogens is 147 g/mol. The van der Waals surface area contributed by atoms with E-state index in [0.717, 1.165) is 0 Å². The summed E-state index contributed by atoms with van der Waals surface area (Å²) in [5.41, 5.74) is 0. The second kappa shape index (κ2) is 4.56. The molecule has 9 heavy (non-hydrogen) atoms. The molecule has 0 aromatic carbocycles. The molecule has 0 saturated heterocycles. The van der Waals surface area contributed by atoms with Gasteiger partial charge in [0.2, 0.25) is 0 Å². The van der Waals surface area contributed by atoms with E-state index in [-0.39, 0.29) is 6.61 Å². The summed E-state index contributed by atoms with van der Waals surface area (Å²) in [5.74, 6) is -0.693. The van der Waals surface area contributed by atoms with Crippen molar-refractivity contribution in [1.82, 2.24) is 0 Å². The molecule has 0 radical (unpaired) electrons. The smallest absolute Gasteiger partial charge is 0.326 e. The number of halogens is 2. The van der Waals surface area contributed by atoms with Gasteiger partial charge in [0.1, 0.15) is 6.67 Å². The Morgan fingerprint density at radius 3 is 2.78 bits per heavy atom. The molecule has 4 heteroatoms. The van der Waals surface area contributed by atoms with Crippen LogP contribution in [0.4, 0.5) is 4.39 Å². The average molecular weight is 155 g/mol. The Labute approximate surface area is 57.9 Å². The van der Waals surface area contributed by atoms with Crippen molar-refractivity contribution in [3.63, 3.8) is 0 Å². The van der Waals surface area contributed by atoms with Crippen LogP contribution in [0.15, 0.2) is 0 Å². The summed E-state index contributed by atoms with van der Waals surface area (Å²) in [5, 5.41) is -1.13. The molecule has 2 nitrogen and oxygen atoms in total. The lowest BCUT2D eigenvalue weighted by Crippen LogP contribution is -2.19. The summed E-state index contributed by atoms with van der Waals surface area (Å²) in [7, 11) is 0. The SMILES string of the molecule is CCOC(=O)C(Cl)CF. The Hall–Kier alpha value is -0.310. The zero-order valence-corrected chi connectivity index (χ0v) is 5.82. The van der Waals surface area contributed by atoms with Gasteiger partial charge in [-0.2, -0.15) is 0 Å². The first-order valence-corrected chi connectivity index (χ1v) is 3.02. The Balaban J connectivity index is 3.46. The van der Waals surface area contributed by atoms with Crippen LogP contribution in [-0.2, 0) is 9.53 Å². The van der Waals surface area contributed by atoms with E-state index in [9.17, 15) is 9.18 Å². The number of hydrogen-bond acceptors (Lipinski definition) is 2. The summed E-state index contributed by atoms with van der Waals surface area (Å²) in [6.45, 7) is 1.00. The summed E-state index contributed by atoms with van der Waals surface area (Å²) >= 11 is 5.14. The second-order valence-electron chi connectivity index (χ2n) is 1.37. The first-order chi connectivity index (χ1) is 4.22. The molecule has 0 aliphatic carbocycles. The molecule has 0 heterocycles. The Bertz CT molecular complexity index is 97.0. The van der Waals surface area contributed by atoms with Gasteiger partial charge < -0.3 is 4.74 Å². The van der Waals surface area contributed by atoms with Crippen LogP contribution in [0.25, 0.3) is 0 Å². The molecule has 0 saturated carbocycles. The standard InChI is InChI=1S/C5H8ClFO2/c1-2-9-5(8)4(6)3-7/h4H,2-3H2,1H3. The number of alkyl halides is 2. The Kier molecular flexibility index (Phi) is 4.40. The Morgan fingerprint density at radius 2 is 2.44 bits per heavy atom. The summed E-state index contributed by atoms with van der Waals surface area (Å²) < 4.78 is 15.9. The maximum absolute atomic E-state index is 11.5. The normalized spacial score (nSPS) is 12.8. The highest BCUT2D eigenvalue weighted by molar-refractivity contribution is 6.30. The maximum Gasteiger partial charge on any atom is 0.326 e. The van der Waals surface area contributed by atoms with Gasteiger partial charge in [0.05, 0.1) is 6.61 Å². The van der Waals surface area contributed by atoms with Crippen molar-refractivity contribution in [3.8, 4) is 0 Å². The van der Waals surface area contributed by atoms with Gasteiger partial charge in [-0.05, 0) is 6.92 Å². The molecule has 0 aromatic heterocycles. The van der Waals surface area contributed by atoms with Gasteiger partial charge in [0, 0.05) is 0 Å². The quantitative estimate of drug-likeness (QED) is 0.450. The fourth-order valence-corrected chi connectivity index (χ4v) is 0.359. The van der Waals surface area contributed by atoms with Gasteiger partial charge in [-0.3, -0.25) is 4.79 Å². The highest BCUT2D eigenvalue weighted by atomic mass is 35.5. The predicted molar refractivity (Wildman–Crippen MR) is 32.2 cm³/mol. The van der Waals surface area contributed by atoms with E-state index < -0.39 is 18.0 Å². The van der Waals surface area contributed by atoms with Crippen molar-refractivity contribution < 1.29 is 13.9 Å². The summed E-state index contributed by atoms with van der Waals surface area (Å²) in [6, 6.07) is 0. The Morgan fingerprint density at radius 1 is 1.89 bits per heavy atom. The molecular formula is C5H8ClFO2. The number of rotatable bonds is 3. The monoisotopic (exact) mass is 154 g/mol. The minimum absolute atomic E-state index is 0.238. The van der Waals surface area contributed by atoms with Crippen molar-refractivity contribution in [1.29, 1.82) is 0 Å². The van der Waals surface area contributed by atoms with Crippen LogP contribution >= 0.6 is 11.6 Å². The number of ether oxygens (including phenoxy) is 1. The van der Waals surface area contributed by atoms with Crippen molar-refractivity contribution in [3.05, 3.63) is 0 Å². The molecule has 0 aliphatic rings. The first kappa shape index (κ1) is 8.69. The van der Waals surface area contributed by atoms with Crippen LogP contribution in [0.2, 0.25) is 0 Å². The van der Waals surface area contributed by atoms with Crippen molar-refractivity contribution in [2.45, 2.75) is 12.3 Å². The van der Waals surface area contributed by atoms with Crippen LogP contribution < -0.4 is 0 Å².